The van der Waals surface area contributed by atoms with Gasteiger partial charge in [-0.3, -0.25) is 4.79 Å². The first-order valence-electron chi connectivity index (χ1n) is 3.22. The molecule has 0 amide bonds. The standard InChI is InChI=1S/C6H10O4/c7-4-2-1-3(5(4)8)6(9)10/h3-5,7-8H,1-2H2,(H,9,10)/t3-,4-,5+/m1/s1. The van der Waals surface area contributed by atoms with Crippen molar-refractivity contribution in [1.82, 2.24) is 0 Å². The van der Waals surface area contributed by atoms with Crippen LogP contribution in [0.25, 0.3) is 0 Å². The predicted octanol–water partition coefficient (Wildman–Crippen LogP) is -0.797. The molecule has 1 aliphatic carbocycles. The molecule has 3 N–H and O–H groups in total. The molecule has 3 atom stereocenters. The number of rotatable bonds is 1. The van der Waals surface area contributed by atoms with Gasteiger partial charge in [0.2, 0.25) is 0 Å². The van der Waals surface area contributed by atoms with Crippen LogP contribution < -0.4 is 0 Å². The van der Waals surface area contributed by atoms with Crippen LogP contribution >= 0.6 is 0 Å². The second-order valence-corrected chi connectivity index (χ2v) is 2.58. The molecule has 1 saturated carbocycles. The van der Waals surface area contributed by atoms with Crippen molar-refractivity contribution in [2.45, 2.75) is 25.0 Å². The van der Waals surface area contributed by atoms with Gasteiger partial charge in [-0.05, 0) is 12.8 Å². The van der Waals surface area contributed by atoms with E-state index in [9.17, 15) is 4.79 Å². The summed E-state index contributed by atoms with van der Waals surface area (Å²) in [6.07, 6.45) is -1.16. The van der Waals surface area contributed by atoms with Gasteiger partial charge in [0.15, 0.2) is 0 Å². The molecular weight excluding hydrogens is 136 g/mol. The zero-order valence-corrected chi connectivity index (χ0v) is 5.40. The van der Waals surface area contributed by atoms with Crippen LogP contribution in [0.4, 0.5) is 0 Å². The molecule has 0 aromatic carbocycles. The number of carbonyl (C=O) groups is 1. The van der Waals surface area contributed by atoms with Crippen molar-refractivity contribution in [2.75, 3.05) is 0 Å². The third-order valence-electron chi connectivity index (χ3n) is 1.90. The van der Waals surface area contributed by atoms with Crippen molar-refractivity contribution in [1.29, 1.82) is 0 Å². The third kappa shape index (κ3) is 1.12. The Kier molecular flexibility index (Phi) is 1.92. The summed E-state index contributed by atoms with van der Waals surface area (Å²) < 4.78 is 0. The van der Waals surface area contributed by atoms with Crippen LogP contribution in [-0.4, -0.2) is 33.5 Å². The van der Waals surface area contributed by atoms with E-state index >= 15 is 0 Å². The topological polar surface area (TPSA) is 77.8 Å². The lowest BCUT2D eigenvalue weighted by molar-refractivity contribution is -0.145. The minimum atomic E-state index is -1.07. The summed E-state index contributed by atoms with van der Waals surface area (Å²) in [5.74, 6) is -1.79. The van der Waals surface area contributed by atoms with E-state index in [1.54, 1.807) is 0 Å². The van der Waals surface area contributed by atoms with Crippen LogP contribution in [0.1, 0.15) is 12.8 Å². The predicted molar refractivity (Wildman–Crippen MR) is 32.4 cm³/mol. The Morgan fingerprint density at radius 2 is 1.90 bits per heavy atom. The average Bonchev–Trinajstić information content (AvgIpc) is 2.14. The molecule has 58 valence electrons. The fourth-order valence-electron chi connectivity index (χ4n) is 1.23. The molecule has 0 spiro atoms. The van der Waals surface area contributed by atoms with Crippen molar-refractivity contribution < 1.29 is 20.1 Å². The van der Waals surface area contributed by atoms with Crippen LogP contribution in [0.2, 0.25) is 0 Å². The van der Waals surface area contributed by atoms with Gasteiger partial charge in [-0.25, -0.2) is 0 Å². The van der Waals surface area contributed by atoms with E-state index in [0.717, 1.165) is 0 Å². The van der Waals surface area contributed by atoms with E-state index < -0.39 is 24.1 Å². The second-order valence-electron chi connectivity index (χ2n) is 2.58. The molecule has 1 fully saturated rings. The summed E-state index contributed by atoms with van der Waals surface area (Å²) in [6, 6.07) is 0. The largest absolute Gasteiger partial charge is 0.481 e. The van der Waals surface area contributed by atoms with Crippen molar-refractivity contribution in [2.24, 2.45) is 5.92 Å². The fourth-order valence-corrected chi connectivity index (χ4v) is 1.23. The Balaban J connectivity index is 2.57. The lowest BCUT2D eigenvalue weighted by Crippen LogP contribution is -2.29. The number of aliphatic hydroxyl groups is 2. The quantitative estimate of drug-likeness (QED) is 0.452. The van der Waals surface area contributed by atoms with Crippen LogP contribution in [0.3, 0.4) is 0 Å². The van der Waals surface area contributed by atoms with Crippen molar-refractivity contribution in [3.8, 4) is 0 Å². The minimum Gasteiger partial charge on any atom is -0.481 e. The lowest BCUT2D eigenvalue weighted by atomic mass is 10.1. The van der Waals surface area contributed by atoms with Crippen LogP contribution in [-0.2, 0) is 4.79 Å². The first kappa shape index (κ1) is 7.50. The van der Waals surface area contributed by atoms with Gasteiger partial charge in [-0.1, -0.05) is 0 Å². The minimum absolute atomic E-state index is 0.373. The van der Waals surface area contributed by atoms with Gasteiger partial charge in [-0.2, -0.15) is 0 Å². The molecule has 0 unspecified atom stereocenters. The summed E-state index contributed by atoms with van der Waals surface area (Å²) in [5, 5.41) is 26.3. The van der Waals surface area contributed by atoms with E-state index in [2.05, 4.69) is 0 Å². The van der Waals surface area contributed by atoms with Crippen molar-refractivity contribution in [3.05, 3.63) is 0 Å². The SMILES string of the molecule is O=C(O)[C@@H]1CC[C@@H](O)[C@H]1O. The van der Waals surface area contributed by atoms with Crippen LogP contribution in [0.15, 0.2) is 0 Å². The summed E-state index contributed by atoms with van der Waals surface area (Å²) in [5.41, 5.74) is 0. The van der Waals surface area contributed by atoms with E-state index in [1.807, 2.05) is 0 Å². The highest BCUT2D eigenvalue weighted by Gasteiger charge is 2.37. The fraction of sp³-hybridized carbons (Fsp3) is 0.833. The number of aliphatic hydroxyl groups excluding tert-OH is 2. The molecule has 0 heterocycles. The molecule has 0 bridgehead atoms. The highest BCUT2D eigenvalue weighted by atomic mass is 16.4. The summed E-state index contributed by atoms with van der Waals surface area (Å²) in [4.78, 5) is 10.3. The van der Waals surface area contributed by atoms with Gasteiger partial charge >= 0.3 is 5.97 Å². The average molecular weight is 146 g/mol. The van der Waals surface area contributed by atoms with Crippen molar-refractivity contribution in [3.63, 3.8) is 0 Å². The maximum absolute atomic E-state index is 10.3. The number of hydrogen-bond acceptors (Lipinski definition) is 3. The summed E-state index contributed by atoms with van der Waals surface area (Å²) in [6.45, 7) is 0. The second kappa shape index (κ2) is 2.56. The molecule has 1 rings (SSSR count). The van der Waals surface area contributed by atoms with Gasteiger partial charge in [0.25, 0.3) is 0 Å². The van der Waals surface area contributed by atoms with Crippen LogP contribution in [0.5, 0.6) is 0 Å². The Bertz CT molecular complexity index is 145. The number of carboxylic acids is 1. The van der Waals surface area contributed by atoms with E-state index in [0.29, 0.717) is 12.8 Å². The third-order valence-corrected chi connectivity index (χ3v) is 1.90. The number of aliphatic carboxylic acids is 1. The summed E-state index contributed by atoms with van der Waals surface area (Å²) in [7, 11) is 0. The first-order valence-corrected chi connectivity index (χ1v) is 3.22. The van der Waals surface area contributed by atoms with E-state index in [-0.39, 0.29) is 0 Å². The number of hydrogen-bond donors (Lipinski definition) is 3. The Labute approximate surface area is 58.1 Å². The molecule has 0 radical (unpaired) electrons. The highest BCUT2D eigenvalue weighted by Crippen LogP contribution is 2.25. The Morgan fingerprint density at radius 1 is 1.30 bits per heavy atom. The highest BCUT2D eigenvalue weighted by molar-refractivity contribution is 5.71. The monoisotopic (exact) mass is 146 g/mol. The van der Waals surface area contributed by atoms with Gasteiger partial charge < -0.3 is 15.3 Å². The van der Waals surface area contributed by atoms with Gasteiger partial charge in [0.05, 0.1) is 18.1 Å². The zero-order valence-electron chi connectivity index (χ0n) is 5.40. The molecular formula is C6H10O4. The molecule has 1 aliphatic rings. The molecule has 4 nitrogen and oxygen atoms in total. The normalized spacial score (nSPS) is 40.0. The molecule has 0 aliphatic heterocycles. The first-order chi connectivity index (χ1) is 4.63. The molecule has 0 aromatic heterocycles. The number of carboxylic acid groups (broad SMARTS) is 1. The Morgan fingerprint density at radius 3 is 2.10 bits per heavy atom. The Hall–Kier alpha value is -0.610. The van der Waals surface area contributed by atoms with E-state index in [4.69, 9.17) is 15.3 Å². The molecule has 10 heavy (non-hydrogen) atoms. The van der Waals surface area contributed by atoms with E-state index in [1.165, 1.54) is 0 Å². The van der Waals surface area contributed by atoms with Crippen molar-refractivity contribution >= 4 is 5.97 Å². The van der Waals surface area contributed by atoms with Gasteiger partial charge in [0, 0.05) is 0 Å². The molecule has 0 aromatic rings. The smallest absolute Gasteiger partial charge is 0.309 e. The molecule has 4 heteroatoms. The lowest BCUT2D eigenvalue weighted by Gasteiger charge is -2.10. The summed E-state index contributed by atoms with van der Waals surface area (Å²) >= 11 is 0. The maximum atomic E-state index is 10.3. The molecule has 0 saturated heterocycles. The maximum Gasteiger partial charge on any atom is 0.309 e. The van der Waals surface area contributed by atoms with Gasteiger partial charge in [0.1, 0.15) is 0 Å². The van der Waals surface area contributed by atoms with Gasteiger partial charge in [-0.15, -0.1) is 0 Å². The zero-order chi connectivity index (χ0) is 7.72. The van der Waals surface area contributed by atoms with Crippen LogP contribution in [0, 0.1) is 5.92 Å².